The van der Waals surface area contributed by atoms with Gasteiger partial charge in [0.25, 0.3) is 0 Å². The van der Waals surface area contributed by atoms with Crippen LogP contribution in [-0.4, -0.2) is 8.42 Å². The van der Waals surface area contributed by atoms with E-state index in [1.807, 2.05) is 6.07 Å². The molecule has 0 spiro atoms. The fourth-order valence-electron chi connectivity index (χ4n) is 1.91. The summed E-state index contributed by atoms with van der Waals surface area (Å²) in [5.74, 6) is -0.223. The van der Waals surface area contributed by atoms with Gasteiger partial charge in [-0.15, -0.1) is 0 Å². The molecular formula is C15H15N3O2S. The molecule has 2 aromatic rings. The van der Waals surface area contributed by atoms with Crippen molar-refractivity contribution in [3.63, 3.8) is 0 Å². The molecule has 0 aromatic heterocycles. The Hall–Kier alpha value is -2.36. The Bertz CT molecular complexity index is 780. The number of nitriles is 1. The van der Waals surface area contributed by atoms with Gasteiger partial charge in [-0.1, -0.05) is 30.3 Å². The van der Waals surface area contributed by atoms with E-state index in [1.54, 1.807) is 48.5 Å². The standard InChI is InChI=1S/C15H15N3O2S/c16-9-13-5-1-2-6-14(13)11-21(19,20)18-10-12-4-3-7-15(17)8-12/h1-8,18H,10-11,17H2. The number of nitrogen functional groups attached to an aromatic ring is 1. The fraction of sp³-hybridized carbons (Fsp3) is 0.133. The summed E-state index contributed by atoms with van der Waals surface area (Å²) in [6.45, 7) is 0.169. The average molecular weight is 301 g/mol. The molecule has 0 saturated heterocycles. The van der Waals surface area contributed by atoms with Crippen molar-refractivity contribution < 1.29 is 8.42 Å². The summed E-state index contributed by atoms with van der Waals surface area (Å²) in [4.78, 5) is 0. The van der Waals surface area contributed by atoms with Gasteiger partial charge < -0.3 is 5.73 Å². The Morgan fingerprint density at radius 3 is 2.62 bits per heavy atom. The summed E-state index contributed by atoms with van der Waals surface area (Å²) in [5.41, 5.74) is 7.87. The zero-order chi connectivity index (χ0) is 15.3. The van der Waals surface area contributed by atoms with Crippen LogP contribution in [0.3, 0.4) is 0 Å². The number of hydrogen-bond acceptors (Lipinski definition) is 4. The van der Waals surface area contributed by atoms with Crippen molar-refractivity contribution in [2.24, 2.45) is 0 Å². The van der Waals surface area contributed by atoms with Gasteiger partial charge in [-0.2, -0.15) is 5.26 Å². The number of hydrogen-bond donors (Lipinski definition) is 2. The number of rotatable bonds is 5. The van der Waals surface area contributed by atoms with Crippen molar-refractivity contribution in [1.82, 2.24) is 4.72 Å². The van der Waals surface area contributed by atoms with E-state index in [9.17, 15) is 8.42 Å². The molecule has 2 aromatic carbocycles. The zero-order valence-corrected chi connectivity index (χ0v) is 12.1. The Morgan fingerprint density at radius 2 is 1.90 bits per heavy atom. The Kier molecular flexibility index (Phi) is 4.58. The van der Waals surface area contributed by atoms with E-state index in [2.05, 4.69) is 4.72 Å². The predicted molar refractivity (Wildman–Crippen MR) is 81.5 cm³/mol. The van der Waals surface area contributed by atoms with E-state index in [0.717, 1.165) is 5.56 Å². The fourth-order valence-corrected chi connectivity index (χ4v) is 3.06. The number of anilines is 1. The largest absolute Gasteiger partial charge is 0.399 e. The molecule has 0 aliphatic heterocycles. The van der Waals surface area contributed by atoms with Crippen LogP contribution in [-0.2, 0) is 22.3 Å². The second-order valence-corrected chi connectivity index (χ2v) is 6.40. The van der Waals surface area contributed by atoms with Crippen molar-refractivity contribution in [2.75, 3.05) is 5.73 Å². The normalized spacial score (nSPS) is 11.0. The summed E-state index contributed by atoms with van der Waals surface area (Å²) in [6, 6.07) is 15.7. The van der Waals surface area contributed by atoms with Crippen LogP contribution in [0.1, 0.15) is 16.7 Å². The van der Waals surface area contributed by atoms with Gasteiger partial charge in [0.1, 0.15) is 0 Å². The quantitative estimate of drug-likeness (QED) is 0.822. The molecule has 2 rings (SSSR count). The van der Waals surface area contributed by atoms with Gasteiger partial charge in [-0.05, 0) is 29.3 Å². The molecule has 21 heavy (non-hydrogen) atoms. The third-order valence-corrected chi connectivity index (χ3v) is 4.21. The molecule has 0 bridgehead atoms. The second kappa shape index (κ2) is 6.39. The highest BCUT2D eigenvalue weighted by Crippen LogP contribution is 2.12. The highest BCUT2D eigenvalue weighted by molar-refractivity contribution is 7.88. The zero-order valence-electron chi connectivity index (χ0n) is 11.3. The minimum Gasteiger partial charge on any atom is -0.399 e. The van der Waals surface area contributed by atoms with E-state index >= 15 is 0 Å². The van der Waals surface area contributed by atoms with Gasteiger partial charge >= 0.3 is 0 Å². The summed E-state index contributed by atoms with van der Waals surface area (Å²) < 4.78 is 26.7. The van der Waals surface area contributed by atoms with Crippen LogP contribution in [0.15, 0.2) is 48.5 Å². The van der Waals surface area contributed by atoms with Gasteiger partial charge in [0.05, 0.1) is 17.4 Å². The van der Waals surface area contributed by atoms with Crippen LogP contribution in [0.4, 0.5) is 5.69 Å². The number of nitrogens with two attached hydrogens (primary N) is 1. The van der Waals surface area contributed by atoms with Gasteiger partial charge in [0.15, 0.2) is 0 Å². The Balaban J connectivity index is 2.07. The smallest absolute Gasteiger partial charge is 0.216 e. The lowest BCUT2D eigenvalue weighted by atomic mass is 10.1. The van der Waals surface area contributed by atoms with Crippen LogP contribution in [0, 0.1) is 11.3 Å². The van der Waals surface area contributed by atoms with E-state index in [-0.39, 0.29) is 12.3 Å². The monoisotopic (exact) mass is 301 g/mol. The molecule has 3 N–H and O–H groups in total. The molecule has 0 radical (unpaired) electrons. The molecule has 0 aliphatic carbocycles. The molecule has 0 heterocycles. The number of nitrogens with one attached hydrogen (secondary N) is 1. The van der Waals surface area contributed by atoms with Crippen LogP contribution in [0.2, 0.25) is 0 Å². The van der Waals surface area contributed by atoms with E-state index in [4.69, 9.17) is 11.0 Å². The summed E-state index contributed by atoms with van der Waals surface area (Å²) in [7, 11) is -3.52. The Morgan fingerprint density at radius 1 is 1.14 bits per heavy atom. The van der Waals surface area contributed by atoms with Gasteiger partial charge in [0, 0.05) is 12.2 Å². The lowest BCUT2D eigenvalue weighted by molar-refractivity contribution is 0.580. The second-order valence-electron chi connectivity index (χ2n) is 4.59. The summed E-state index contributed by atoms with van der Waals surface area (Å²) in [6.07, 6.45) is 0. The highest BCUT2D eigenvalue weighted by Gasteiger charge is 2.13. The Labute approximate surface area is 124 Å². The van der Waals surface area contributed by atoms with Gasteiger partial charge in [0.2, 0.25) is 10.0 Å². The number of nitrogens with zero attached hydrogens (tertiary/aromatic N) is 1. The first-order chi connectivity index (χ1) is 10.00. The third kappa shape index (κ3) is 4.31. The molecule has 5 nitrogen and oxygen atoms in total. The minimum atomic E-state index is -3.52. The highest BCUT2D eigenvalue weighted by atomic mass is 32.2. The number of benzene rings is 2. The molecule has 0 aliphatic rings. The van der Waals surface area contributed by atoms with E-state index in [0.29, 0.717) is 16.8 Å². The first-order valence-corrected chi connectivity index (χ1v) is 7.95. The molecule has 6 heteroatoms. The van der Waals surface area contributed by atoms with Crippen LogP contribution < -0.4 is 10.5 Å². The number of sulfonamides is 1. The van der Waals surface area contributed by atoms with Crippen molar-refractivity contribution >= 4 is 15.7 Å². The minimum absolute atomic E-state index is 0.169. The van der Waals surface area contributed by atoms with E-state index in [1.165, 1.54) is 0 Å². The van der Waals surface area contributed by atoms with Crippen molar-refractivity contribution in [2.45, 2.75) is 12.3 Å². The van der Waals surface area contributed by atoms with Crippen LogP contribution in [0.25, 0.3) is 0 Å². The molecule has 108 valence electrons. The lowest BCUT2D eigenvalue weighted by Crippen LogP contribution is -2.25. The molecule has 0 atom stereocenters. The van der Waals surface area contributed by atoms with Crippen molar-refractivity contribution in [3.05, 3.63) is 65.2 Å². The predicted octanol–water partition coefficient (Wildman–Crippen LogP) is 1.76. The van der Waals surface area contributed by atoms with Crippen LogP contribution in [0.5, 0.6) is 0 Å². The topological polar surface area (TPSA) is 96.0 Å². The maximum absolute atomic E-state index is 12.1. The molecular weight excluding hydrogens is 286 g/mol. The van der Waals surface area contributed by atoms with Crippen molar-refractivity contribution in [1.29, 1.82) is 5.26 Å². The summed E-state index contributed by atoms with van der Waals surface area (Å²) >= 11 is 0. The first-order valence-electron chi connectivity index (χ1n) is 6.30. The lowest BCUT2D eigenvalue weighted by Gasteiger charge is -2.08. The van der Waals surface area contributed by atoms with Gasteiger partial charge in [-0.25, -0.2) is 13.1 Å². The molecule has 0 saturated carbocycles. The molecule has 0 amide bonds. The van der Waals surface area contributed by atoms with Crippen LogP contribution >= 0.6 is 0 Å². The SMILES string of the molecule is N#Cc1ccccc1CS(=O)(=O)NCc1cccc(N)c1. The first kappa shape index (κ1) is 15.0. The maximum Gasteiger partial charge on any atom is 0.216 e. The average Bonchev–Trinajstić information content (AvgIpc) is 2.46. The third-order valence-electron chi connectivity index (χ3n) is 2.93. The van der Waals surface area contributed by atoms with Gasteiger partial charge in [-0.3, -0.25) is 0 Å². The van der Waals surface area contributed by atoms with Crippen molar-refractivity contribution in [3.8, 4) is 6.07 Å². The van der Waals surface area contributed by atoms with E-state index < -0.39 is 10.0 Å². The molecule has 0 unspecified atom stereocenters. The maximum atomic E-state index is 12.1. The molecule has 0 fully saturated rings. The summed E-state index contributed by atoms with van der Waals surface area (Å²) in [5, 5.41) is 8.97.